The Balaban J connectivity index is 1.21. The number of piperidine rings is 1. The van der Waals surface area contributed by atoms with Gasteiger partial charge in [0.05, 0.1) is 36.8 Å². The fourth-order valence-electron chi connectivity index (χ4n) is 6.65. The second-order valence-electron chi connectivity index (χ2n) is 12.0. The maximum absolute atomic E-state index is 12.6. The molecule has 1 amide bonds. The average Bonchev–Trinajstić information content (AvgIpc) is 3.59. The number of rotatable bonds is 10. The van der Waals surface area contributed by atoms with E-state index >= 15 is 0 Å². The standard InChI is InChI=1S/C34H45N9O3/c1-5-34(44)39-27-19-28(31(45-4)20-30(27)42-12-9-26(10-13-42)41-16-14-40(6-2)15-17-41)38-32-21-33(37-23-36-32)43-29(11-18-46-43)25-8-7-24(3)35-22-25/h5,7-8,19-23,26,29H,1,6,9-18H2,2-4H3,(H,39,44)(H,36,37,38)/t29-/m1/s1. The van der Waals surface area contributed by atoms with Gasteiger partial charge in [-0.25, -0.2) is 15.0 Å². The zero-order valence-electron chi connectivity index (χ0n) is 27.1. The van der Waals surface area contributed by atoms with E-state index in [4.69, 9.17) is 9.57 Å². The molecule has 2 aromatic heterocycles. The minimum atomic E-state index is -0.270. The summed E-state index contributed by atoms with van der Waals surface area (Å²) in [6.07, 6.45) is 7.67. The van der Waals surface area contributed by atoms with Gasteiger partial charge in [0, 0.05) is 75.8 Å². The van der Waals surface area contributed by atoms with Gasteiger partial charge in [-0.3, -0.25) is 19.5 Å². The normalized spacial score (nSPS) is 19.7. The van der Waals surface area contributed by atoms with Crippen LogP contribution in [-0.2, 0) is 9.63 Å². The Kier molecular flexibility index (Phi) is 9.96. The van der Waals surface area contributed by atoms with E-state index in [1.54, 1.807) is 7.11 Å². The molecule has 0 spiro atoms. The molecule has 6 rings (SSSR count). The quantitative estimate of drug-likeness (QED) is 0.309. The van der Waals surface area contributed by atoms with Crippen molar-refractivity contribution in [3.05, 3.63) is 66.8 Å². The third-order valence-electron chi connectivity index (χ3n) is 9.30. The van der Waals surface area contributed by atoms with Crippen LogP contribution in [0, 0.1) is 6.92 Å². The first-order valence-corrected chi connectivity index (χ1v) is 16.3. The van der Waals surface area contributed by atoms with Crippen LogP contribution < -0.4 is 25.3 Å². The average molecular weight is 628 g/mol. The van der Waals surface area contributed by atoms with E-state index in [2.05, 4.69) is 59.9 Å². The van der Waals surface area contributed by atoms with Crippen molar-refractivity contribution in [2.24, 2.45) is 0 Å². The molecule has 0 unspecified atom stereocenters. The van der Waals surface area contributed by atoms with Crippen molar-refractivity contribution in [3.8, 4) is 5.75 Å². The van der Waals surface area contributed by atoms with E-state index in [9.17, 15) is 4.79 Å². The van der Waals surface area contributed by atoms with Crippen molar-refractivity contribution in [3.63, 3.8) is 0 Å². The maximum Gasteiger partial charge on any atom is 0.247 e. The molecule has 0 saturated carbocycles. The van der Waals surface area contributed by atoms with Crippen molar-refractivity contribution in [1.29, 1.82) is 0 Å². The molecule has 12 nitrogen and oxygen atoms in total. The van der Waals surface area contributed by atoms with Crippen LogP contribution in [-0.4, -0.2) is 96.2 Å². The predicted octanol–water partition coefficient (Wildman–Crippen LogP) is 4.55. The van der Waals surface area contributed by atoms with E-state index in [-0.39, 0.29) is 11.9 Å². The van der Waals surface area contributed by atoms with Gasteiger partial charge < -0.3 is 25.2 Å². The first kappa shape index (κ1) is 31.7. The highest BCUT2D eigenvalue weighted by Crippen LogP contribution is 2.40. The number of anilines is 5. The minimum absolute atomic E-state index is 0.00419. The Morgan fingerprint density at radius 3 is 2.54 bits per heavy atom. The number of hydroxylamine groups is 1. The van der Waals surface area contributed by atoms with Gasteiger partial charge in [-0.2, -0.15) is 0 Å². The lowest BCUT2D eigenvalue weighted by Gasteiger charge is -2.43. The zero-order valence-corrected chi connectivity index (χ0v) is 27.1. The molecule has 0 aliphatic carbocycles. The van der Waals surface area contributed by atoms with Crippen LogP contribution in [0.25, 0.3) is 0 Å². The number of hydrogen-bond donors (Lipinski definition) is 2. The van der Waals surface area contributed by atoms with E-state index in [1.807, 2.05) is 42.4 Å². The Morgan fingerprint density at radius 2 is 1.85 bits per heavy atom. The van der Waals surface area contributed by atoms with Gasteiger partial charge >= 0.3 is 0 Å². The first-order valence-electron chi connectivity index (χ1n) is 16.3. The Bertz CT molecular complexity index is 1500. The SMILES string of the molecule is C=CC(=O)Nc1cc(Nc2cc(N3OCC[C@@H]3c3ccc(C)nc3)ncn2)c(OC)cc1N1CCC(N2CCN(CC)CC2)CC1. The second kappa shape index (κ2) is 14.4. The van der Waals surface area contributed by atoms with Crippen molar-refractivity contribution < 1.29 is 14.4 Å². The van der Waals surface area contributed by atoms with Crippen LogP contribution in [0.1, 0.15) is 43.5 Å². The van der Waals surface area contributed by atoms with Crippen molar-refractivity contribution in [2.75, 3.05) is 80.1 Å². The summed E-state index contributed by atoms with van der Waals surface area (Å²) in [5.41, 5.74) is 4.32. The number of carbonyl (C=O) groups is 1. The molecule has 0 radical (unpaired) electrons. The largest absolute Gasteiger partial charge is 0.494 e. The summed E-state index contributed by atoms with van der Waals surface area (Å²) < 4.78 is 5.87. The number of ether oxygens (including phenoxy) is 1. The number of aryl methyl sites for hydroxylation is 1. The van der Waals surface area contributed by atoms with Crippen LogP contribution in [0.2, 0.25) is 0 Å². The van der Waals surface area contributed by atoms with Crippen LogP contribution in [0.3, 0.4) is 0 Å². The first-order chi connectivity index (χ1) is 22.4. The summed E-state index contributed by atoms with van der Waals surface area (Å²) in [5.74, 6) is 1.58. The summed E-state index contributed by atoms with van der Waals surface area (Å²) in [4.78, 5) is 39.5. The highest BCUT2D eigenvalue weighted by atomic mass is 16.7. The molecule has 46 heavy (non-hydrogen) atoms. The summed E-state index contributed by atoms with van der Waals surface area (Å²) in [7, 11) is 1.65. The van der Waals surface area contributed by atoms with Gasteiger partial charge in [-0.15, -0.1) is 0 Å². The summed E-state index contributed by atoms with van der Waals surface area (Å²) in [6.45, 7) is 15.9. The molecular weight excluding hydrogens is 582 g/mol. The van der Waals surface area contributed by atoms with E-state index in [1.165, 1.54) is 12.4 Å². The molecule has 3 saturated heterocycles. The molecule has 12 heteroatoms. The monoisotopic (exact) mass is 627 g/mol. The molecule has 3 aliphatic heterocycles. The number of nitrogens with zero attached hydrogens (tertiary/aromatic N) is 7. The lowest BCUT2D eigenvalue weighted by molar-refractivity contribution is -0.111. The molecule has 3 aromatic rings. The fraction of sp³-hybridized carbons (Fsp3) is 0.471. The maximum atomic E-state index is 12.6. The molecule has 0 bridgehead atoms. The highest BCUT2D eigenvalue weighted by molar-refractivity contribution is 6.02. The van der Waals surface area contributed by atoms with Crippen molar-refractivity contribution >= 4 is 34.6 Å². The van der Waals surface area contributed by atoms with Gasteiger partial charge in [-0.1, -0.05) is 19.6 Å². The van der Waals surface area contributed by atoms with Gasteiger partial charge in [0.2, 0.25) is 5.91 Å². The number of amides is 1. The van der Waals surface area contributed by atoms with Crippen molar-refractivity contribution in [1.82, 2.24) is 24.8 Å². The molecular formula is C34H45N9O3. The van der Waals surface area contributed by atoms with Crippen LogP contribution in [0.5, 0.6) is 5.75 Å². The number of likely N-dealkylation sites (N-methyl/N-ethyl adjacent to an activating group) is 1. The van der Waals surface area contributed by atoms with Gasteiger partial charge in [0.15, 0.2) is 5.82 Å². The van der Waals surface area contributed by atoms with Crippen LogP contribution >= 0.6 is 0 Å². The van der Waals surface area contributed by atoms with E-state index in [0.29, 0.717) is 41.4 Å². The Morgan fingerprint density at radius 1 is 1.04 bits per heavy atom. The van der Waals surface area contributed by atoms with Gasteiger partial charge in [0.1, 0.15) is 17.9 Å². The number of nitrogens with one attached hydrogen (secondary N) is 2. The number of benzene rings is 1. The van der Waals surface area contributed by atoms with E-state index in [0.717, 1.165) is 82.0 Å². The molecule has 3 fully saturated rings. The van der Waals surface area contributed by atoms with Gasteiger partial charge in [-0.05, 0) is 50.1 Å². The number of pyridine rings is 1. The number of carbonyl (C=O) groups excluding carboxylic acids is 1. The Labute approximate surface area is 271 Å². The number of hydrogen-bond acceptors (Lipinski definition) is 11. The lowest BCUT2D eigenvalue weighted by Crippen LogP contribution is -2.53. The molecule has 244 valence electrons. The summed E-state index contributed by atoms with van der Waals surface area (Å²) in [5, 5.41) is 8.24. The molecule has 3 aliphatic rings. The van der Waals surface area contributed by atoms with Gasteiger partial charge in [0.25, 0.3) is 0 Å². The number of methoxy groups -OCH3 is 1. The Hall–Kier alpha value is -4.26. The lowest BCUT2D eigenvalue weighted by atomic mass is 10.0. The predicted molar refractivity (Wildman–Crippen MR) is 181 cm³/mol. The fourth-order valence-corrected chi connectivity index (χ4v) is 6.65. The number of aromatic nitrogens is 3. The van der Waals surface area contributed by atoms with Crippen LogP contribution in [0.15, 0.2) is 55.5 Å². The number of piperazine rings is 1. The minimum Gasteiger partial charge on any atom is -0.494 e. The second-order valence-corrected chi connectivity index (χ2v) is 12.0. The van der Waals surface area contributed by atoms with E-state index < -0.39 is 0 Å². The third-order valence-corrected chi connectivity index (χ3v) is 9.30. The highest BCUT2D eigenvalue weighted by Gasteiger charge is 2.31. The molecule has 5 heterocycles. The zero-order chi connectivity index (χ0) is 32.0. The third kappa shape index (κ3) is 7.09. The molecule has 2 N–H and O–H groups in total. The topological polar surface area (TPSA) is 111 Å². The smallest absolute Gasteiger partial charge is 0.247 e. The summed E-state index contributed by atoms with van der Waals surface area (Å²) >= 11 is 0. The van der Waals surface area contributed by atoms with Crippen LogP contribution in [0.4, 0.5) is 28.7 Å². The molecule has 1 aromatic carbocycles. The summed E-state index contributed by atoms with van der Waals surface area (Å²) in [6, 6.07) is 10.4. The van der Waals surface area contributed by atoms with Crippen molar-refractivity contribution in [2.45, 2.75) is 45.2 Å². The molecule has 1 atom stereocenters.